The fraction of sp³-hybridized carbons (Fsp3) is 0.400. The van der Waals surface area contributed by atoms with Crippen LogP contribution in [-0.4, -0.2) is 11.9 Å². The molecule has 1 aliphatic carbocycles. The van der Waals surface area contributed by atoms with Gasteiger partial charge < -0.3 is 5.73 Å². The SMILES string of the molecule is C=CC(=N/C=C(\C)N)c1ccc(C2CCC2)c(CC(C)/C(=C\C=C/C)C(F)(F)F)c1F. The zero-order chi connectivity index (χ0) is 23.2. The maximum Gasteiger partial charge on any atom is 0.412 e. The lowest BCUT2D eigenvalue weighted by Crippen LogP contribution is -2.22. The molecule has 1 aromatic rings. The van der Waals surface area contributed by atoms with Gasteiger partial charge in [-0.3, -0.25) is 4.99 Å². The molecular formula is C25H30F4N2. The summed E-state index contributed by atoms with van der Waals surface area (Å²) in [4.78, 5) is 4.19. The number of rotatable bonds is 8. The first-order valence-electron chi connectivity index (χ1n) is 10.4. The maximum absolute atomic E-state index is 15.7. The van der Waals surface area contributed by atoms with E-state index in [-0.39, 0.29) is 23.6 Å². The quantitative estimate of drug-likeness (QED) is 0.264. The van der Waals surface area contributed by atoms with E-state index in [4.69, 9.17) is 5.73 Å². The Balaban J connectivity index is 2.56. The number of alkyl halides is 3. The summed E-state index contributed by atoms with van der Waals surface area (Å²) in [5.74, 6) is -1.27. The second-order valence-electron chi connectivity index (χ2n) is 7.97. The molecule has 0 saturated heterocycles. The Morgan fingerprint density at radius 2 is 2.00 bits per heavy atom. The molecule has 168 valence electrons. The number of hydrogen-bond acceptors (Lipinski definition) is 2. The fourth-order valence-corrected chi connectivity index (χ4v) is 3.70. The van der Waals surface area contributed by atoms with Crippen molar-refractivity contribution in [1.29, 1.82) is 0 Å². The number of benzene rings is 1. The average molecular weight is 435 g/mol. The molecular weight excluding hydrogens is 404 g/mol. The van der Waals surface area contributed by atoms with Crippen LogP contribution in [0.3, 0.4) is 0 Å². The predicted molar refractivity (Wildman–Crippen MR) is 119 cm³/mol. The average Bonchev–Trinajstić information content (AvgIpc) is 2.64. The van der Waals surface area contributed by atoms with Gasteiger partial charge in [0.25, 0.3) is 0 Å². The van der Waals surface area contributed by atoms with E-state index >= 15 is 4.39 Å². The third-order valence-electron chi connectivity index (χ3n) is 5.54. The Labute approximate surface area is 181 Å². The van der Waals surface area contributed by atoms with Gasteiger partial charge in [0.1, 0.15) is 5.82 Å². The highest BCUT2D eigenvalue weighted by atomic mass is 19.4. The summed E-state index contributed by atoms with van der Waals surface area (Å²) >= 11 is 0. The second kappa shape index (κ2) is 10.6. The van der Waals surface area contributed by atoms with Crippen LogP contribution in [0.2, 0.25) is 0 Å². The topological polar surface area (TPSA) is 38.4 Å². The minimum absolute atomic E-state index is 0.0510. The second-order valence-corrected chi connectivity index (χ2v) is 7.97. The van der Waals surface area contributed by atoms with Crippen LogP contribution < -0.4 is 5.73 Å². The van der Waals surface area contributed by atoms with Crippen molar-refractivity contribution >= 4 is 5.71 Å². The van der Waals surface area contributed by atoms with Crippen LogP contribution >= 0.6 is 0 Å². The molecule has 1 fully saturated rings. The van der Waals surface area contributed by atoms with Crippen molar-refractivity contribution in [3.8, 4) is 0 Å². The lowest BCUT2D eigenvalue weighted by atomic mass is 9.75. The third kappa shape index (κ3) is 6.18. The van der Waals surface area contributed by atoms with Gasteiger partial charge in [0.05, 0.1) is 5.71 Å². The largest absolute Gasteiger partial charge is 0.412 e. The minimum Gasteiger partial charge on any atom is -0.401 e. The molecule has 0 amide bonds. The Morgan fingerprint density at radius 1 is 1.32 bits per heavy atom. The van der Waals surface area contributed by atoms with Crippen molar-refractivity contribution < 1.29 is 17.6 Å². The summed E-state index contributed by atoms with van der Waals surface area (Å²) in [7, 11) is 0. The molecule has 1 aliphatic rings. The van der Waals surface area contributed by atoms with Crippen LogP contribution in [0.25, 0.3) is 0 Å². The number of nitrogens with two attached hydrogens (primary N) is 1. The van der Waals surface area contributed by atoms with Crippen LogP contribution in [0.4, 0.5) is 17.6 Å². The number of nitrogens with zero attached hydrogens (tertiary/aromatic N) is 1. The van der Waals surface area contributed by atoms with Crippen LogP contribution in [-0.2, 0) is 6.42 Å². The van der Waals surface area contributed by atoms with E-state index in [1.807, 2.05) is 6.07 Å². The van der Waals surface area contributed by atoms with Crippen molar-refractivity contribution in [2.24, 2.45) is 16.6 Å². The van der Waals surface area contributed by atoms with Gasteiger partial charge in [0, 0.05) is 23.0 Å². The Kier molecular flexibility index (Phi) is 8.43. The van der Waals surface area contributed by atoms with Gasteiger partial charge in [-0.15, -0.1) is 0 Å². The van der Waals surface area contributed by atoms with Gasteiger partial charge in [-0.25, -0.2) is 4.39 Å². The van der Waals surface area contributed by atoms with Gasteiger partial charge in [-0.1, -0.05) is 44.2 Å². The summed E-state index contributed by atoms with van der Waals surface area (Å²) in [5.41, 5.74) is 7.01. The van der Waals surface area contributed by atoms with Crippen LogP contribution in [0.5, 0.6) is 0 Å². The zero-order valence-corrected chi connectivity index (χ0v) is 18.3. The van der Waals surface area contributed by atoms with Crippen molar-refractivity contribution in [2.45, 2.75) is 58.5 Å². The highest BCUT2D eigenvalue weighted by Crippen LogP contribution is 2.41. The highest BCUT2D eigenvalue weighted by molar-refractivity contribution is 6.09. The first kappa shape index (κ1) is 24.6. The molecule has 0 radical (unpaired) electrons. The van der Waals surface area contributed by atoms with E-state index in [0.717, 1.165) is 30.9 Å². The summed E-state index contributed by atoms with van der Waals surface area (Å²) in [6, 6.07) is 3.46. The molecule has 0 aliphatic heterocycles. The zero-order valence-electron chi connectivity index (χ0n) is 18.3. The van der Waals surface area contributed by atoms with Gasteiger partial charge in [-0.05, 0) is 68.2 Å². The Bertz CT molecular complexity index is 912. The number of allylic oxidation sites excluding steroid dienone is 6. The van der Waals surface area contributed by atoms with Gasteiger partial charge in [0.15, 0.2) is 0 Å². The van der Waals surface area contributed by atoms with Crippen molar-refractivity contribution in [3.05, 3.63) is 83.0 Å². The molecule has 1 atom stereocenters. The number of aliphatic imine (C=N–C) groups is 1. The van der Waals surface area contributed by atoms with Crippen LogP contribution in [0.15, 0.2) is 65.5 Å². The maximum atomic E-state index is 15.7. The fourth-order valence-electron chi connectivity index (χ4n) is 3.70. The van der Waals surface area contributed by atoms with Crippen LogP contribution in [0.1, 0.15) is 62.6 Å². The van der Waals surface area contributed by atoms with E-state index in [0.29, 0.717) is 11.3 Å². The van der Waals surface area contributed by atoms with E-state index in [9.17, 15) is 13.2 Å². The predicted octanol–water partition coefficient (Wildman–Crippen LogP) is 7.13. The highest BCUT2D eigenvalue weighted by Gasteiger charge is 2.37. The Hall–Kier alpha value is -2.63. The standard InChI is InChI=1S/C25H30F4N2/c1-5-7-11-22(25(27,28)29)16(3)14-21-19(18-9-8-10-18)12-13-20(24(21)26)23(6-2)31-15-17(4)30/h5-7,11-13,15-16,18H,2,8-10,14,30H2,1,3-4H3/b7-5-,17-15+,22-11+,31-23?. The smallest absolute Gasteiger partial charge is 0.401 e. The molecule has 0 spiro atoms. The lowest BCUT2D eigenvalue weighted by molar-refractivity contribution is -0.0983. The van der Waals surface area contributed by atoms with E-state index < -0.39 is 23.5 Å². The monoisotopic (exact) mass is 434 g/mol. The van der Waals surface area contributed by atoms with Gasteiger partial charge in [-0.2, -0.15) is 13.2 Å². The normalized spacial score (nSPS) is 17.7. The summed E-state index contributed by atoms with van der Waals surface area (Å²) in [6.07, 6.45) is 5.13. The van der Waals surface area contributed by atoms with Crippen molar-refractivity contribution in [1.82, 2.24) is 0 Å². The molecule has 1 aromatic carbocycles. The number of halogens is 4. The minimum atomic E-state index is -4.49. The molecule has 1 saturated carbocycles. The summed E-state index contributed by atoms with van der Waals surface area (Å²) in [6.45, 7) is 8.49. The van der Waals surface area contributed by atoms with Gasteiger partial charge in [0.2, 0.25) is 0 Å². The first-order chi connectivity index (χ1) is 14.6. The molecule has 31 heavy (non-hydrogen) atoms. The van der Waals surface area contributed by atoms with E-state index in [1.165, 1.54) is 25.3 Å². The molecule has 2 nitrogen and oxygen atoms in total. The molecule has 2 N–H and O–H groups in total. The molecule has 0 aromatic heterocycles. The molecule has 0 bridgehead atoms. The van der Waals surface area contributed by atoms with E-state index in [1.54, 1.807) is 26.0 Å². The summed E-state index contributed by atoms with van der Waals surface area (Å²) < 4.78 is 56.6. The van der Waals surface area contributed by atoms with E-state index in [2.05, 4.69) is 11.6 Å². The first-order valence-corrected chi connectivity index (χ1v) is 10.4. The molecule has 6 heteroatoms. The Morgan fingerprint density at radius 3 is 2.48 bits per heavy atom. The third-order valence-corrected chi connectivity index (χ3v) is 5.54. The van der Waals surface area contributed by atoms with Gasteiger partial charge >= 0.3 is 6.18 Å². The van der Waals surface area contributed by atoms with Crippen LogP contribution in [0, 0.1) is 11.7 Å². The van der Waals surface area contributed by atoms with Crippen molar-refractivity contribution in [2.75, 3.05) is 0 Å². The molecule has 1 unspecified atom stereocenters. The lowest BCUT2D eigenvalue weighted by Gasteiger charge is -2.30. The summed E-state index contributed by atoms with van der Waals surface area (Å²) in [5, 5.41) is 0. The molecule has 2 rings (SSSR count). The van der Waals surface area contributed by atoms with Crippen molar-refractivity contribution in [3.63, 3.8) is 0 Å². The molecule has 0 heterocycles. The number of hydrogen-bond donors (Lipinski definition) is 1.